The van der Waals surface area contributed by atoms with Crippen molar-refractivity contribution in [1.82, 2.24) is 4.98 Å². The second kappa shape index (κ2) is 9.76. The van der Waals surface area contributed by atoms with E-state index >= 15 is 0 Å². The highest BCUT2D eigenvalue weighted by molar-refractivity contribution is 7.14. The summed E-state index contributed by atoms with van der Waals surface area (Å²) >= 11 is 13.9. The zero-order valence-electron chi connectivity index (χ0n) is 15.8. The largest absolute Gasteiger partial charge is 0.489 e. The van der Waals surface area contributed by atoms with Crippen LogP contribution in [0.25, 0.3) is 11.3 Å². The summed E-state index contributed by atoms with van der Waals surface area (Å²) in [4.78, 5) is 4.55. The van der Waals surface area contributed by atoms with Gasteiger partial charge in [0.05, 0.1) is 11.9 Å². The third-order valence-electron chi connectivity index (χ3n) is 4.27. The minimum absolute atomic E-state index is 0.307. The molecule has 1 aromatic heterocycles. The number of rotatable bonds is 7. The van der Waals surface area contributed by atoms with Gasteiger partial charge in [0.25, 0.3) is 0 Å². The van der Waals surface area contributed by atoms with Gasteiger partial charge in [-0.2, -0.15) is 5.10 Å². The van der Waals surface area contributed by atoms with Crippen LogP contribution in [0.1, 0.15) is 11.1 Å². The fraction of sp³-hybridized carbons (Fsp3) is 0.0435. The normalized spacial score (nSPS) is 11.0. The second-order valence-electron chi connectivity index (χ2n) is 6.33. The summed E-state index contributed by atoms with van der Waals surface area (Å²) in [5.74, 6) is 0.725. The molecule has 4 aromatic rings. The minimum Gasteiger partial charge on any atom is -0.489 e. The van der Waals surface area contributed by atoms with Gasteiger partial charge in [0.1, 0.15) is 12.4 Å². The van der Waals surface area contributed by atoms with Crippen molar-refractivity contribution in [2.24, 2.45) is 5.10 Å². The van der Waals surface area contributed by atoms with E-state index in [1.54, 1.807) is 18.3 Å². The fourth-order valence-corrected chi connectivity index (χ4v) is 3.88. The van der Waals surface area contributed by atoms with Crippen LogP contribution >= 0.6 is 34.5 Å². The number of nitrogens with one attached hydrogen (secondary N) is 1. The van der Waals surface area contributed by atoms with E-state index in [9.17, 15) is 0 Å². The number of hydrogen-bond donors (Lipinski definition) is 1. The molecule has 0 aliphatic heterocycles. The minimum atomic E-state index is 0.307. The van der Waals surface area contributed by atoms with E-state index in [2.05, 4.69) is 15.5 Å². The Kier molecular flexibility index (Phi) is 6.64. The summed E-state index contributed by atoms with van der Waals surface area (Å²) < 4.78 is 5.79. The van der Waals surface area contributed by atoms with Crippen molar-refractivity contribution in [3.63, 3.8) is 0 Å². The highest BCUT2D eigenvalue weighted by Crippen LogP contribution is 2.26. The van der Waals surface area contributed by atoms with Crippen molar-refractivity contribution in [2.45, 2.75) is 6.61 Å². The van der Waals surface area contributed by atoms with Gasteiger partial charge in [-0.25, -0.2) is 4.98 Å². The number of ether oxygens (including phenoxy) is 1. The van der Waals surface area contributed by atoms with Crippen LogP contribution < -0.4 is 10.2 Å². The van der Waals surface area contributed by atoms with Gasteiger partial charge in [-0.15, -0.1) is 11.3 Å². The molecule has 0 saturated heterocycles. The average Bonchev–Trinajstić information content (AvgIpc) is 3.24. The zero-order chi connectivity index (χ0) is 20.8. The van der Waals surface area contributed by atoms with Crippen LogP contribution in [0.3, 0.4) is 0 Å². The number of hydrazone groups is 1. The number of benzene rings is 3. The van der Waals surface area contributed by atoms with Gasteiger partial charge >= 0.3 is 0 Å². The summed E-state index contributed by atoms with van der Waals surface area (Å²) in [6, 6.07) is 23.0. The number of hydrogen-bond acceptors (Lipinski definition) is 5. The molecular weight excluding hydrogens is 437 g/mol. The Labute approximate surface area is 188 Å². The molecule has 0 bridgehead atoms. The molecule has 0 unspecified atom stereocenters. The van der Waals surface area contributed by atoms with Crippen LogP contribution in [-0.2, 0) is 6.61 Å². The van der Waals surface area contributed by atoms with Crippen molar-refractivity contribution in [3.8, 4) is 17.0 Å². The first kappa shape index (κ1) is 20.4. The predicted molar refractivity (Wildman–Crippen MR) is 126 cm³/mol. The number of halogens is 2. The summed E-state index contributed by atoms with van der Waals surface area (Å²) in [6.07, 6.45) is 1.73. The van der Waals surface area contributed by atoms with E-state index in [0.717, 1.165) is 33.3 Å². The topological polar surface area (TPSA) is 46.5 Å². The molecule has 4 rings (SSSR count). The van der Waals surface area contributed by atoms with E-state index in [1.165, 1.54) is 11.3 Å². The van der Waals surface area contributed by atoms with E-state index in [-0.39, 0.29) is 0 Å². The van der Waals surface area contributed by atoms with E-state index in [0.29, 0.717) is 16.7 Å². The molecule has 0 amide bonds. The van der Waals surface area contributed by atoms with Gasteiger partial charge in [0, 0.05) is 26.6 Å². The molecule has 0 aliphatic carbocycles. The summed E-state index contributed by atoms with van der Waals surface area (Å²) in [7, 11) is 0. The lowest BCUT2D eigenvalue weighted by atomic mass is 10.2. The lowest BCUT2D eigenvalue weighted by Crippen LogP contribution is -1.97. The Morgan fingerprint density at radius 3 is 2.40 bits per heavy atom. The molecule has 3 aromatic carbocycles. The standard InChI is InChI=1S/C23H17Cl2N3OS/c24-20-7-4-8-21(25)19(20)14-29-18-11-9-16(10-12-18)13-26-28-23-27-22(15-30-23)17-5-2-1-3-6-17/h1-13,15H,14H2,(H,27,28)/b26-13-. The molecule has 30 heavy (non-hydrogen) atoms. The van der Waals surface area contributed by atoms with Crippen LogP contribution in [0.5, 0.6) is 5.75 Å². The van der Waals surface area contributed by atoms with Crippen LogP contribution in [-0.4, -0.2) is 11.2 Å². The number of aromatic nitrogens is 1. The molecule has 0 radical (unpaired) electrons. The molecule has 0 saturated carbocycles. The Balaban J connectivity index is 1.32. The Bertz CT molecular complexity index is 1120. The lowest BCUT2D eigenvalue weighted by Gasteiger charge is -2.09. The van der Waals surface area contributed by atoms with E-state index in [1.807, 2.05) is 66.0 Å². The summed E-state index contributed by atoms with van der Waals surface area (Å²) in [6.45, 7) is 0.307. The van der Waals surface area contributed by atoms with Crippen LogP contribution in [0.4, 0.5) is 5.13 Å². The Hall–Kier alpha value is -2.86. The van der Waals surface area contributed by atoms with Crippen molar-refractivity contribution in [2.75, 3.05) is 5.43 Å². The molecule has 0 fully saturated rings. The first-order valence-corrected chi connectivity index (χ1v) is 10.8. The summed E-state index contributed by atoms with van der Waals surface area (Å²) in [5, 5.41) is 8.19. The Morgan fingerprint density at radius 2 is 1.67 bits per heavy atom. The molecule has 0 aliphatic rings. The monoisotopic (exact) mass is 453 g/mol. The Morgan fingerprint density at radius 1 is 0.933 bits per heavy atom. The number of anilines is 1. The SMILES string of the molecule is Clc1cccc(Cl)c1COc1ccc(/C=N\Nc2nc(-c3ccccc3)cs2)cc1. The summed E-state index contributed by atoms with van der Waals surface area (Å²) in [5.41, 5.74) is 6.69. The zero-order valence-corrected chi connectivity index (χ0v) is 18.1. The van der Waals surface area contributed by atoms with E-state index < -0.39 is 0 Å². The van der Waals surface area contributed by atoms with Gasteiger partial charge in [0.15, 0.2) is 0 Å². The molecule has 7 heteroatoms. The van der Waals surface area contributed by atoms with Gasteiger partial charge in [-0.3, -0.25) is 5.43 Å². The third-order valence-corrected chi connectivity index (χ3v) is 5.73. The smallest absolute Gasteiger partial charge is 0.203 e. The fourth-order valence-electron chi connectivity index (χ4n) is 2.70. The first-order valence-electron chi connectivity index (χ1n) is 9.15. The second-order valence-corrected chi connectivity index (χ2v) is 8.00. The molecule has 0 spiro atoms. The quantitative estimate of drug-likeness (QED) is 0.238. The maximum Gasteiger partial charge on any atom is 0.203 e. The molecule has 1 heterocycles. The lowest BCUT2D eigenvalue weighted by molar-refractivity contribution is 0.306. The van der Waals surface area contributed by atoms with Crippen LogP contribution in [0, 0.1) is 0 Å². The average molecular weight is 454 g/mol. The molecule has 0 atom stereocenters. The maximum atomic E-state index is 6.17. The van der Waals surface area contributed by atoms with E-state index in [4.69, 9.17) is 27.9 Å². The number of thiazole rings is 1. The highest BCUT2D eigenvalue weighted by atomic mass is 35.5. The van der Waals surface area contributed by atoms with Crippen molar-refractivity contribution in [3.05, 3.63) is 99.3 Å². The first-order chi connectivity index (χ1) is 14.7. The van der Waals surface area contributed by atoms with Gasteiger partial charge < -0.3 is 4.74 Å². The van der Waals surface area contributed by atoms with Gasteiger partial charge in [-0.1, -0.05) is 59.6 Å². The van der Waals surface area contributed by atoms with Gasteiger partial charge in [-0.05, 0) is 42.0 Å². The highest BCUT2D eigenvalue weighted by Gasteiger charge is 2.06. The number of nitrogens with zero attached hydrogens (tertiary/aromatic N) is 2. The van der Waals surface area contributed by atoms with Crippen molar-refractivity contribution < 1.29 is 4.74 Å². The molecule has 1 N–H and O–H groups in total. The van der Waals surface area contributed by atoms with Crippen LogP contribution in [0.15, 0.2) is 83.3 Å². The van der Waals surface area contributed by atoms with Crippen molar-refractivity contribution >= 4 is 45.9 Å². The molecule has 150 valence electrons. The molecular formula is C23H17Cl2N3OS. The predicted octanol–water partition coefficient (Wildman–Crippen LogP) is 7.14. The van der Waals surface area contributed by atoms with Crippen molar-refractivity contribution in [1.29, 1.82) is 0 Å². The van der Waals surface area contributed by atoms with Gasteiger partial charge in [0.2, 0.25) is 5.13 Å². The van der Waals surface area contributed by atoms with Crippen LogP contribution in [0.2, 0.25) is 10.0 Å². The maximum absolute atomic E-state index is 6.17. The third kappa shape index (κ3) is 5.19. The molecule has 4 nitrogen and oxygen atoms in total.